The smallest absolute Gasteiger partial charge is 0.180 e. The molecule has 9 heteroatoms. The van der Waals surface area contributed by atoms with Gasteiger partial charge in [-0.1, -0.05) is 34.8 Å². The molecule has 1 atom stereocenters. The van der Waals surface area contributed by atoms with Crippen molar-refractivity contribution in [3.05, 3.63) is 43.1 Å². The Morgan fingerprint density at radius 3 is 2.62 bits per heavy atom. The van der Waals surface area contributed by atoms with Gasteiger partial charge < -0.3 is 0 Å². The molecule has 21 heavy (non-hydrogen) atoms. The molecule has 0 aliphatic rings. The first-order valence-corrected chi connectivity index (χ1v) is 8.06. The maximum absolute atomic E-state index is 6.23. The van der Waals surface area contributed by atoms with Crippen molar-refractivity contribution in [1.82, 2.24) is 24.7 Å². The molecule has 0 saturated carbocycles. The van der Waals surface area contributed by atoms with Crippen LogP contribution in [0.5, 0.6) is 0 Å². The lowest BCUT2D eigenvalue weighted by molar-refractivity contribution is 0.574. The highest BCUT2D eigenvalue weighted by atomic mass is 127. The lowest BCUT2D eigenvalue weighted by Gasteiger charge is -2.14. The third-order valence-electron chi connectivity index (χ3n) is 3.00. The van der Waals surface area contributed by atoms with Crippen LogP contribution < -0.4 is 0 Å². The summed E-state index contributed by atoms with van der Waals surface area (Å²) in [6, 6.07) is 1.42. The average Bonchev–Trinajstić information content (AvgIpc) is 2.75. The number of rotatable bonds is 2. The van der Waals surface area contributed by atoms with Crippen LogP contribution in [0.2, 0.25) is 15.3 Å². The molecule has 0 saturated heterocycles. The van der Waals surface area contributed by atoms with Gasteiger partial charge in [0.15, 0.2) is 9.35 Å². The molecule has 0 N–H and O–H groups in total. The summed E-state index contributed by atoms with van der Waals surface area (Å²) in [4.78, 5) is 12.6. The van der Waals surface area contributed by atoms with E-state index in [2.05, 4.69) is 42.6 Å². The van der Waals surface area contributed by atoms with Gasteiger partial charge in [-0.05, 0) is 35.6 Å². The number of nitrogens with zero attached hydrogens (tertiary/aromatic N) is 5. The third kappa shape index (κ3) is 2.81. The lowest BCUT2D eigenvalue weighted by atomic mass is 10.1. The molecule has 0 bridgehead atoms. The molecule has 0 radical (unpaired) electrons. The predicted molar refractivity (Wildman–Crippen MR) is 91.1 cm³/mol. The minimum absolute atomic E-state index is 0.180. The molecule has 108 valence electrons. The van der Waals surface area contributed by atoms with E-state index in [0.717, 1.165) is 9.26 Å². The number of hydrogen-bond donors (Lipinski definition) is 0. The highest BCUT2D eigenvalue weighted by Gasteiger charge is 2.20. The minimum atomic E-state index is -0.180. The second kappa shape index (κ2) is 5.83. The molecule has 3 heterocycles. The minimum Gasteiger partial charge on any atom is -0.247 e. The van der Waals surface area contributed by atoms with Crippen molar-refractivity contribution in [3.8, 4) is 0 Å². The molecule has 3 aromatic rings. The van der Waals surface area contributed by atoms with E-state index < -0.39 is 0 Å². The van der Waals surface area contributed by atoms with Gasteiger partial charge in [-0.25, -0.2) is 19.6 Å². The molecule has 0 aromatic carbocycles. The van der Waals surface area contributed by atoms with Gasteiger partial charge in [-0.2, -0.15) is 5.10 Å². The summed E-state index contributed by atoms with van der Waals surface area (Å²) in [5, 5.41) is 5.65. The summed E-state index contributed by atoms with van der Waals surface area (Å²) in [6.45, 7) is 1.95. The third-order valence-corrected chi connectivity index (χ3v) is 4.44. The van der Waals surface area contributed by atoms with Gasteiger partial charge in [0, 0.05) is 11.8 Å². The maximum atomic E-state index is 6.23. The quantitative estimate of drug-likeness (QED) is 0.426. The molecule has 0 aliphatic heterocycles. The van der Waals surface area contributed by atoms with Crippen LogP contribution in [0.25, 0.3) is 11.2 Å². The largest absolute Gasteiger partial charge is 0.247 e. The SMILES string of the molecule is C[C@H](c1cnc(Cl)cc1Cl)n1nc(I)c2ncc(Cl)nc21. The van der Waals surface area contributed by atoms with Crippen molar-refractivity contribution in [3.63, 3.8) is 0 Å². The number of hydrogen-bond acceptors (Lipinski definition) is 4. The number of fused-ring (bicyclic) bond motifs is 1. The Bertz CT molecular complexity index is 835. The molecule has 0 unspecified atom stereocenters. The van der Waals surface area contributed by atoms with E-state index in [1.165, 1.54) is 6.20 Å². The summed E-state index contributed by atoms with van der Waals surface area (Å²) < 4.78 is 2.48. The summed E-state index contributed by atoms with van der Waals surface area (Å²) >= 11 is 20.1. The molecule has 0 fully saturated rings. The van der Waals surface area contributed by atoms with Crippen LogP contribution >= 0.6 is 57.4 Å². The Morgan fingerprint density at radius 1 is 1.14 bits per heavy atom. The number of aromatic nitrogens is 5. The number of halogens is 4. The first-order chi connectivity index (χ1) is 9.97. The van der Waals surface area contributed by atoms with Crippen LogP contribution in [-0.4, -0.2) is 24.7 Å². The fourth-order valence-corrected chi connectivity index (χ4v) is 3.25. The molecular formula is C12H7Cl3IN5. The topological polar surface area (TPSA) is 56.5 Å². The summed E-state index contributed by atoms with van der Waals surface area (Å²) in [5.74, 6) is 0. The van der Waals surface area contributed by atoms with Crippen LogP contribution in [0.15, 0.2) is 18.5 Å². The zero-order chi connectivity index (χ0) is 15.1. The van der Waals surface area contributed by atoms with Gasteiger partial charge in [-0.3, -0.25) is 0 Å². The second-order valence-corrected chi connectivity index (χ2v) is 6.51. The van der Waals surface area contributed by atoms with Gasteiger partial charge in [-0.15, -0.1) is 0 Å². The Balaban J connectivity index is 2.17. The van der Waals surface area contributed by atoms with Crippen molar-refractivity contribution in [2.75, 3.05) is 0 Å². The first kappa shape index (κ1) is 15.2. The van der Waals surface area contributed by atoms with Gasteiger partial charge >= 0.3 is 0 Å². The second-order valence-electron chi connectivity index (χ2n) is 4.30. The van der Waals surface area contributed by atoms with Crippen molar-refractivity contribution in [2.24, 2.45) is 0 Å². The Hall–Kier alpha value is -0.700. The van der Waals surface area contributed by atoms with Crippen LogP contribution in [0.3, 0.4) is 0 Å². The summed E-state index contributed by atoms with van der Waals surface area (Å²) in [6.07, 6.45) is 3.13. The van der Waals surface area contributed by atoms with Crippen LogP contribution in [0.4, 0.5) is 0 Å². The molecule has 5 nitrogen and oxygen atoms in total. The van der Waals surface area contributed by atoms with E-state index in [1.807, 2.05) is 6.92 Å². The van der Waals surface area contributed by atoms with Gasteiger partial charge in [0.25, 0.3) is 0 Å². The van der Waals surface area contributed by atoms with Gasteiger partial charge in [0.05, 0.1) is 17.3 Å². The molecule has 3 rings (SSSR count). The highest BCUT2D eigenvalue weighted by Crippen LogP contribution is 2.29. The van der Waals surface area contributed by atoms with Gasteiger partial charge in [0.1, 0.15) is 15.8 Å². The summed E-state index contributed by atoms with van der Waals surface area (Å²) in [5.41, 5.74) is 2.10. The van der Waals surface area contributed by atoms with E-state index in [0.29, 0.717) is 26.5 Å². The molecule has 0 aliphatic carbocycles. The number of pyridine rings is 1. The van der Waals surface area contributed by atoms with Gasteiger partial charge in [0.2, 0.25) is 0 Å². The molecular weight excluding hydrogens is 447 g/mol. The molecule has 0 amide bonds. The van der Waals surface area contributed by atoms with Crippen molar-refractivity contribution >= 4 is 68.6 Å². The van der Waals surface area contributed by atoms with Crippen LogP contribution in [0, 0.1) is 3.70 Å². The van der Waals surface area contributed by atoms with Crippen molar-refractivity contribution in [2.45, 2.75) is 13.0 Å². The fraction of sp³-hybridized carbons (Fsp3) is 0.167. The van der Waals surface area contributed by atoms with Crippen LogP contribution in [-0.2, 0) is 0 Å². The van der Waals surface area contributed by atoms with E-state index in [-0.39, 0.29) is 6.04 Å². The summed E-state index contributed by atoms with van der Waals surface area (Å²) in [7, 11) is 0. The molecule has 0 spiro atoms. The lowest BCUT2D eigenvalue weighted by Crippen LogP contribution is -2.10. The average molecular weight is 454 g/mol. The zero-order valence-electron chi connectivity index (χ0n) is 10.6. The Morgan fingerprint density at radius 2 is 1.90 bits per heavy atom. The Kier molecular flexibility index (Phi) is 4.22. The van der Waals surface area contributed by atoms with E-state index in [9.17, 15) is 0 Å². The Labute approximate surface area is 148 Å². The molecule has 3 aromatic heterocycles. The standard InChI is InChI=1S/C12H7Cl3IN5/c1-5(6-3-17-8(14)2-7(6)13)21-12-10(11(16)20-21)18-4-9(15)19-12/h2-5H,1H3/t5-/m1/s1. The zero-order valence-corrected chi connectivity index (χ0v) is 15.0. The maximum Gasteiger partial charge on any atom is 0.180 e. The van der Waals surface area contributed by atoms with Crippen LogP contribution in [0.1, 0.15) is 18.5 Å². The van der Waals surface area contributed by atoms with E-state index >= 15 is 0 Å². The van der Waals surface area contributed by atoms with E-state index in [4.69, 9.17) is 34.8 Å². The monoisotopic (exact) mass is 453 g/mol. The van der Waals surface area contributed by atoms with E-state index in [1.54, 1.807) is 16.9 Å². The predicted octanol–water partition coefficient (Wildman–Crippen LogP) is 4.40. The first-order valence-electron chi connectivity index (χ1n) is 5.84. The normalized spacial score (nSPS) is 12.8. The van der Waals surface area contributed by atoms with Crippen molar-refractivity contribution in [1.29, 1.82) is 0 Å². The highest BCUT2D eigenvalue weighted by molar-refractivity contribution is 14.1. The van der Waals surface area contributed by atoms with Crippen molar-refractivity contribution < 1.29 is 0 Å². The fourth-order valence-electron chi connectivity index (χ4n) is 1.98.